The van der Waals surface area contributed by atoms with Crippen molar-refractivity contribution in [1.29, 1.82) is 0 Å². The highest BCUT2D eigenvalue weighted by Gasteiger charge is 2.28. The van der Waals surface area contributed by atoms with Crippen molar-refractivity contribution in [3.05, 3.63) is 0 Å². The average Bonchev–Trinajstić information content (AvgIpc) is 2.18. The molecular formula is C10H18N2O. The molecule has 2 aliphatic heterocycles. The Morgan fingerprint density at radius 1 is 1.23 bits per heavy atom. The molecule has 0 N–H and O–H groups in total. The molecular weight excluding hydrogens is 164 g/mol. The van der Waals surface area contributed by atoms with Gasteiger partial charge in [0.2, 0.25) is 0 Å². The molecule has 13 heavy (non-hydrogen) atoms. The molecule has 0 spiro atoms. The first-order valence-corrected chi connectivity index (χ1v) is 5.30. The van der Waals surface area contributed by atoms with Gasteiger partial charge in [0.15, 0.2) is 0 Å². The average molecular weight is 182 g/mol. The Bertz CT molecular complexity index is 184. The summed E-state index contributed by atoms with van der Waals surface area (Å²) in [6, 6.07) is 0.738. The van der Waals surface area contributed by atoms with Gasteiger partial charge in [0.05, 0.1) is 6.54 Å². The van der Waals surface area contributed by atoms with Crippen molar-refractivity contribution in [2.75, 3.05) is 32.7 Å². The third-order valence-electron chi connectivity index (χ3n) is 3.25. The molecule has 0 aliphatic carbocycles. The van der Waals surface area contributed by atoms with E-state index in [4.69, 9.17) is 0 Å². The molecule has 1 unspecified atom stereocenters. The van der Waals surface area contributed by atoms with E-state index in [-0.39, 0.29) is 0 Å². The van der Waals surface area contributed by atoms with Crippen molar-refractivity contribution in [2.45, 2.75) is 25.3 Å². The zero-order valence-electron chi connectivity index (χ0n) is 8.11. The summed E-state index contributed by atoms with van der Waals surface area (Å²) in [5.74, 6) is 0. The van der Waals surface area contributed by atoms with Gasteiger partial charge in [-0.2, -0.15) is 0 Å². The van der Waals surface area contributed by atoms with E-state index >= 15 is 0 Å². The first kappa shape index (κ1) is 9.16. The van der Waals surface area contributed by atoms with Gasteiger partial charge in [-0.1, -0.05) is 6.42 Å². The van der Waals surface area contributed by atoms with Crippen LogP contribution in [0.2, 0.25) is 0 Å². The second-order valence-electron chi connectivity index (χ2n) is 4.11. The Kier molecular flexibility index (Phi) is 2.96. The zero-order chi connectivity index (χ0) is 9.10. The fourth-order valence-corrected chi connectivity index (χ4v) is 2.49. The van der Waals surface area contributed by atoms with Crippen LogP contribution >= 0.6 is 0 Å². The predicted octanol–water partition coefficient (Wildman–Crippen LogP) is 0.355. The Morgan fingerprint density at radius 3 is 3.00 bits per heavy atom. The summed E-state index contributed by atoms with van der Waals surface area (Å²) < 4.78 is 0. The normalized spacial score (nSPS) is 31.2. The molecule has 2 aliphatic rings. The molecule has 2 rings (SSSR count). The van der Waals surface area contributed by atoms with Crippen LogP contribution in [0.25, 0.3) is 0 Å². The van der Waals surface area contributed by atoms with E-state index < -0.39 is 0 Å². The fraction of sp³-hybridized carbons (Fsp3) is 0.900. The largest absolute Gasteiger partial charge is 0.302 e. The van der Waals surface area contributed by atoms with Crippen LogP contribution in [0.3, 0.4) is 0 Å². The number of rotatable bonds is 2. The number of aldehydes is 1. The van der Waals surface area contributed by atoms with E-state index in [9.17, 15) is 4.79 Å². The van der Waals surface area contributed by atoms with Crippen LogP contribution in [0.15, 0.2) is 0 Å². The maximum Gasteiger partial charge on any atom is 0.133 e. The Morgan fingerprint density at radius 2 is 2.15 bits per heavy atom. The number of fused-ring (bicyclic) bond motifs is 1. The van der Waals surface area contributed by atoms with E-state index in [1.54, 1.807) is 0 Å². The molecule has 0 amide bonds. The fourth-order valence-electron chi connectivity index (χ4n) is 2.49. The minimum atomic E-state index is 0.629. The number of carbonyl (C=O) groups is 1. The van der Waals surface area contributed by atoms with Crippen LogP contribution in [0.5, 0.6) is 0 Å². The van der Waals surface area contributed by atoms with Gasteiger partial charge in [0.1, 0.15) is 6.29 Å². The molecule has 2 fully saturated rings. The van der Waals surface area contributed by atoms with Crippen molar-refractivity contribution in [2.24, 2.45) is 0 Å². The smallest absolute Gasteiger partial charge is 0.133 e. The SMILES string of the molecule is O=CCN1CCN2CCCCC2C1. The van der Waals surface area contributed by atoms with E-state index in [1.165, 1.54) is 32.4 Å². The molecule has 2 heterocycles. The highest BCUT2D eigenvalue weighted by Crippen LogP contribution is 2.20. The Hall–Kier alpha value is -0.410. The lowest BCUT2D eigenvalue weighted by Crippen LogP contribution is -2.54. The lowest BCUT2D eigenvalue weighted by atomic mass is 10.00. The maximum absolute atomic E-state index is 10.4. The van der Waals surface area contributed by atoms with Crippen LogP contribution < -0.4 is 0 Å². The van der Waals surface area contributed by atoms with Crippen molar-refractivity contribution < 1.29 is 4.79 Å². The second-order valence-corrected chi connectivity index (χ2v) is 4.11. The third kappa shape index (κ3) is 2.09. The standard InChI is InChI=1S/C10H18N2O/c13-8-7-11-5-6-12-4-2-1-3-10(12)9-11/h8,10H,1-7,9H2. The van der Waals surface area contributed by atoms with Gasteiger partial charge >= 0.3 is 0 Å². The van der Waals surface area contributed by atoms with Gasteiger partial charge < -0.3 is 4.79 Å². The monoisotopic (exact) mass is 182 g/mol. The predicted molar refractivity (Wildman–Crippen MR) is 51.7 cm³/mol. The summed E-state index contributed by atoms with van der Waals surface area (Å²) in [6.07, 6.45) is 5.09. The number of hydrogen-bond donors (Lipinski definition) is 0. The maximum atomic E-state index is 10.4. The molecule has 3 heteroatoms. The lowest BCUT2D eigenvalue weighted by molar-refractivity contribution is -0.109. The van der Waals surface area contributed by atoms with Crippen molar-refractivity contribution in [3.8, 4) is 0 Å². The van der Waals surface area contributed by atoms with Crippen molar-refractivity contribution in [3.63, 3.8) is 0 Å². The molecule has 0 aromatic rings. The van der Waals surface area contributed by atoms with Crippen LogP contribution in [0.1, 0.15) is 19.3 Å². The molecule has 0 aromatic heterocycles. The number of piperazine rings is 1. The van der Waals surface area contributed by atoms with Crippen molar-refractivity contribution >= 4 is 6.29 Å². The zero-order valence-corrected chi connectivity index (χ0v) is 8.11. The van der Waals surface area contributed by atoms with Gasteiger partial charge in [-0.15, -0.1) is 0 Å². The molecule has 0 bridgehead atoms. The Balaban J connectivity index is 1.87. The highest BCUT2D eigenvalue weighted by atomic mass is 16.1. The molecule has 3 nitrogen and oxygen atoms in total. The molecule has 2 saturated heterocycles. The van der Waals surface area contributed by atoms with Crippen LogP contribution in [-0.2, 0) is 4.79 Å². The minimum Gasteiger partial charge on any atom is -0.302 e. The first-order chi connectivity index (χ1) is 6.40. The number of carbonyl (C=O) groups excluding carboxylic acids is 1. The van der Waals surface area contributed by atoms with Crippen LogP contribution in [-0.4, -0.2) is 54.9 Å². The van der Waals surface area contributed by atoms with Crippen molar-refractivity contribution in [1.82, 2.24) is 9.80 Å². The summed E-state index contributed by atoms with van der Waals surface area (Å²) in [7, 11) is 0. The molecule has 0 aromatic carbocycles. The number of hydrogen-bond acceptors (Lipinski definition) is 3. The highest BCUT2D eigenvalue weighted by molar-refractivity contribution is 5.52. The van der Waals surface area contributed by atoms with E-state index in [0.717, 1.165) is 25.4 Å². The van der Waals surface area contributed by atoms with E-state index in [1.807, 2.05) is 0 Å². The van der Waals surface area contributed by atoms with E-state index in [0.29, 0.717) is 6.54 Å². The lowest BCUT2D eigenvalue weighted by Gasteiger charge is -2.43. The minimum absolute atomic E-state index is 0.629. The Labute approximate surface area is 79.7 Å². The second kappa shape index (κ2) is 4.20. The summed E-state index contributed by atoms with van der Waals surface area (Å²) in [5, 5.41) is 0. The molecule has 74 valence electrons. The summed E-state index contributed by atoms with van der Waals surface area (Å²) >= 11 is 0. The third-order valence-corrected chi connectivity index (χ3v) is 3.25. The summed E-state index contributed by atoms with van der Waals surface area (Å²) in [5.41, 5.74) is 0. The summed E-state index contributed by atoms with van der Waals surface area (Å²) in [4.78, 5) is 15.2. The molecule has 0 saturated carbocycles. The summed E-state index contributed by atoms with van der Waals surface area (Å²) in [6.45, 7) is 5.26. The first-order valence-electron chi connectivity index (χ1n) is 5.30. The van der Waals surface area contributed by atoms with Gasteiger partial charge in [0.25, 0.3) is 0 Å². The van der Waals surface area contributed by atoms with E-state index in [2.05, 4.69) is 9.80 Å². The quantitative estimate of drug-likeness (QED) is 0.576. The van der Waals surface area contributed by atoms with Gasteiger partial charge in [-0.3, -0.25) is 9.80 Å². The number of nitrogens with zero attached hydrogens (tertiary/aromatic N) is 2. The van der Waals surface area contributed by atoms with Gasteiger partial charge in [-0.05, 0) is 19.4 Å². The molecule has 1 atom stereocenters. The van der Waals surface area contributed by atoms with Gasteiger partial charge in [0, 0.05) is 25.7 Å². The topological polar surface area (TPSA) is 23.6 Å². The van der Waals surface area contributed by atoms with Crippen LogP contribution in [0.4, 0.5) is 0 Å². The molecule has 0 radical (unpaired) electrons. The van der Waals surface area contributed by atoms with Gasteiger partial charge in [-0.25, -0.2) is 0 Å². The van der Waals surface area contributed by atoms with Crippen LogP contribution in [0, 0.1) is 0 Å². The number of piperidine rings is 1.